The predicted octanol–water partition coefficient (Wildman–Crippen LogP) is 4.05. The monoisotopic (exact) mass is 340 g/mol. The number of esters is 1. The summed E-state index contributed by atoms with van der Waals surface area (Å²) in [5.41, 5.74) is 2.43. The van der Waals surface area contributed by atoms with Crippen LogP contribution in [0.4, 0.5) is 10.8 Å². The Morgan fingerprint density at radius 2 is 2.11 bits per heavy atom. The van der Waals surface area contributed by atoms with Gasteiger partial charge >= 0.3 is 5.97 Å². The Labute approximate surface area is 124 Å². The minimum atomic E-state index is -0.410. The molecule has 100 valence electrons. The number of nitrogens with one attached hydrogen (secondary N) is 1. The number of ether oxygens (including phenoxy) is 1. The van der Waals surface area contributed by atoms with Crippen LogP contribution in [-0.4, -0.2) is 18.1 Å². The summed E-state index contributed by atoms with van der Waals surface area (Å²) in [6.45, 7) is 3.87. The van der Waals surface area contributed by atoms with Gasteiger partial charge < -0.3 is 10.1 Å². The number of methoxy groups -OCH3 is 1. The third kappa shape index (κ3) is 3.33. The van der Waals surface area contributed by atoms with E-state index in [2.05, 4.69) is 31.0 Å². The second kappa shape index (κ2) is 5.71. The SMILES string of the molecule is COC(=O)c1nc(Nc2cc(C)cc(Br)c2)sc1C. The van der Waals surface area contributed by atoms with E-state index in [4.69, 9.17) is 0 Å². The van der Waals surface area contributed by atoms with Crippen molar-refractivity contribution in [1.29, 1.82) is 0 Å². The molecule has 0 aliphatic heterocycles. The Morgan fingerprint density at radius 1 is 1.37 bits per heavy atom. The summed E-state index contributed by atoms with van der Waals surface area (Å²) in [5, 5.41) is 3.87. The second-order valence-electron chi connectivity index (χ2n) is 4.06. The van der Waals surface area contributed by atoms with Gasteiger partial charge in [-0.1, -0.05) is 15.9 Å². The number of hydrogen-bond donors (Lipinski definition) is 1. The van der Waals surface area contributed by atoms with Crippen molar-refractivity contribution >= 4 is 44.1 Å². The van der Waals surface area contributed by atoms with Crippen LogP contribution in [0.2, 0.25) is 0 Å². The first-order chi connectivity index (χ1) is 8.99. The second-order valence-corrected chi connectivity index (χ2v) is 6.18. The summed E-state index contributed by atoms with van der Waals surface area (Å²) in [6, 6.07) is 6.00. The molecule has 0 radical (unpaired) electrons. The number of rotatable bonds is 3. The van der Waals surface area contributed by atoms with Crippen LogP contribution >= 0.6 is 27.3 Å². The molecule has 1 aromatic heterocycles. The first-order valence-corrected chi connectivity index (χ1v) is 7.20. The van der Waals surface area contributed by atoms with Gasteiger partial charge in [0.15, 0.2) is 10.8 Å². The van der Waals surface area contributed by atoms with E-state index < -0.39 is 5.97 Å². The summed E-state index contributed by atoms with van der Waals surface area (Å²) in [4.78, 5) is 16.6. The lowest BCUT2D eigenvalue weighted by Gasteiger charge is -2.04. The average Bonchev–Trinajstić information content (AvgIpc) is 2.68. The van der Waals surface area contributed by atoms with Gasteiger partial charge in [0.05, 0.1) is 7.11 Å². The molecule has 1 aromatic carbocycles. The van der Waals surface area contributed by atoms with E-state index in [1.807, 2.05) is 32.0 Å². The average molecular weight is 341 g/mol. The highest BCUT2D eigenvalue weighted by atomic mass is 79.9. The molecule has 4 nitrogen and oxygen atoms in total. The number of nitrogens with zero attached hydrogens (tertiary/aromatic N) is 1. The van der Waals surface area contributed by atoms with Gasteiger partial charge in [-0.05, 0) is 37.6 Å². The largest absolute Gasteiger partial charge is 0.464 e. The number of carbonyl (C=O) groups excluding carboxylic acids is 1. The van der Waals surface area contributed by atoms with Gasteiger partial charge in [0.1, 0.15) is 0 Å². The number of aromatic nitrogens is 1. The van der Waals surface area contributed by atoms with Crippen LogP contribution in [-0.2, 0) is 4.74 Å². The Bertz CT molecular complexity index is 605. The fourth-order valence-electron chi connectivity index (χ4n) is 1.67. The molecule has 2 rings (SSSR count). The lowest BCUT2D eigenvalue weighted by atomic mass is 10.2. The molecule has 0 saturated heterocycles. The van der Waals surface area contributed by atoms with Crippen LogP contribution in [0.1, 0.15) is 20.9 Å². The van der Waals surface area contributed by atoms with E-state index in [9.17, 15) is 4.79 Å². The van der Waals surface area contributed by atoms with Crippen LogP contribution in [0.25, 0.3) is 0 Å². The Morgan fingerprint density at radius 3 is 2.74 bits per heavy atom. The molecule has 0 fully saturated rings. The van der Waals surface area contributed by atoms with Gasteiger partial charge in [0.25, 0.3) is 0 Å². The highest BCUT2D eigenvalue weighted by Crippen LogP contribution is 2.27. The van der Waals surface area contributed by atoms with Crippen molar-refractivity contribution in [2.24, 2.45) is 0 Å². The standard InChI is InChI=1S/C13H13BrN2O2S/c1-7-4-9(14)6-10(5-7)15-13-16-11(8(2)19-13)12(17)18-3/h4-6H,1-3H3,(H,15,16). The number of carbonyl (C=O) groups is 1. The normalized spacial score (nSPS) is 10.3. The summed E-state index contributed by atoms with van der Waals surface area (Å²) in [7, 11) is 1.35. The third-order valence-corrected chi connectivity index (χ3v) is 3.81. The Hall–Kier alpha value is -1.40. The summed E-state index contributed by atoms with van der Waals surface area (Å²) < 4.78 is 5.69. The molecule has 0 amide bonds. The molecule has 0 atom stereocenters. The zero-order valence-corrected chi connectivity index (χ0v) is 13.2. The van der Waals surface area contributed by atoms with Crippen molar-refractivity contribution in [3.8, 4) is 0 Å². The van der Waals surface area contributed by atoms with Gasteiger partial charge in [-0.2, -0.15) is 0 Å². The fourth-order valence-corrected chi connectivity index (χ4v) is 3.10. The van der Waals surface area contributed by atoms with Gasteiger partial charge in [-0.25, -0.2) is 9.78 Å². The molecule has 0 bridgehead atoms. The van der Waals surface area contributed by atoms with E-state index in [0.29, 0.717) is 10.8 Å². The maximum atomic E-state index is 11.5. The van der Waals surface area contributed by atoms with E-state index in [1.54, 1.807) is 0 Å². The van der Waals surface area contributed by atoms with E-state index >= 15 is 0 Å². The number of thiazole rings is 1. The van der Waals surface area contributed by atoms with Crippen molar-refractivity contribution < 1.29 is 9.53 Å². The minimum absolute atomic E-state index is 0.363. The third-order valence-electron chi connectivity index (χ3n) is 2.47. The van der Waals surface area contributed by atoms with Gasteiger partial charge in [0, 0.05) is 15.0 Å². The molecule has 0 aliphatic carbocycles. The van der Waals surface area contributed by atoms with Gasteiger partial charge in [-0.15, -0.1) is 11.3 Å². The summed E-state index contributed by atoms with van der Waals surface area (Å²) >= 11 is 4.88. The first-order valence-electron chi connectivity index (χ1n) is 5.59. The Balaban J connectivity index is 2.26. The molecule has 1 N–H and O–H groups in total. The van der Waals surface area contributed by atoms with Gasteiger partial charge in [-0.3, -0.25) is 0 Å². The minimum Gasteiger partial charge on any atom is -0.464 e. The smallest absolute Gasteiger partial charge is 0.357 e. The predicted molar refractivity (Wildman–Crippen MR) is 80.4 cm³/mol. The molecule has 2 aromatic rings. The van der Waals surface area contributed by atoms with Crippen LogP contribution in [0.3, 0.4) is 0 Å². The number of hydrogen-bond acceptors (Lipinski definition) is 5. The topological polar surface area (TPSA) is 51.2 Å². The fraction of sp³-hybridized carbons (Fsp3) is 0.231. The molecular weight excluding hydrogens is 328 g/mol. The molecule has 0 saturated carbocycles. The number of halogens is 1. The van der Waals surface area contributed by atoms with Crippen LogP contribution < -0.4 is 5.32 Å². The van der Waals surface area contributed by atoms with Gasteiger partial charge in [0.2, 0.25) is 0 Å². The maximum Gasteiger partial charge on any atom is 0.357 e. The molecule has 0 unspecified atom stereocenters. The number of aryl methyl sites for hydroxylation is 2. The molecular formula is C13H13BrN2O2S. The maximum absolute atomic E-state index is 11.5. The van der Waals surface area contributed by atoms with E-state index in [1.165, 1.54) is 18.4 Å². The molecule has 0 spiro atoms. The van der Waals surface area contributed by atoms with E-state index in [0.717, 1.165) is 20.6 Å². The van der Waals surface area contributed by atoms with Crippen molar-refractivity contribution in [3.05, 3.63) is 38.8 Å². The van der Waals surface area contributed by atoms with Crippen LogP contribution in [0.15, 0.2) is 22.7 Å². The number of anilines is 2. The van der Waals surface area contributed by atoms with Crippen molar-refractivity contribution in [3.63, 3.8) is 0 Å². The molecule has 1 heterocycles. The van der Waals surface area contributed by atoms with Crippen molar-refractivity contribution in [2.45, 2.75) is 13.8 Å². The highest BCUT2D eigenvalue weighted by molar-refractivity contribution is 9.10. The Kier molecular flexibility index (Phi) is 4.21. The number of benzene rings is 1. The van der Waals surface area contributed by atoms with Crippen LogP contribution in [0, 0.1) is 13.8 Å². The zero-order valence-electron chi connectivity index (χ0n) is 10.8. The molecule has 6 heteroatoms. The summed E-state index contributed by atoms with van der Waals surface area (Å²) in [5.74, 6) is -0.410. The highest BCUT2D eigenvalue weighted by Gasteiger charge is 2.15. The van der Waals surface area contributed by atoms with E-state index in [-0.39, 0.29) is 0 Å². The molecule has 0 aliphatic rings. The summed E-state index contributed by atoms with van der Waals surface area (Å²) in [6.07, 6.45) is 0. The zero-order chi connectivity index (χ0) is 14.0. The lowest BCUT2D eigenvalue weighted by Crippen LogP contribution is -2.03. The van der Waals surface area contributed by atoms with Crippen LogP contribution in [0.5, 0.6) is 0 Å². The first kappa shape index (κ1) is 14.0. The van der Waals surface area contributed by atoms with Crippen molar-refractivity contribution in [1.82, 2.24) is 4.98 Å². The quantitative estimate of drug-likeness (QED) is 0.856. The lowest BCUT2D eigenvalue weighted by molar-refractivity contribution is 0.0594. The van der Waals surface area contributed by atoms with Crippen molar-refractivity contribution in [2.75, 3.05) is 12.4 Å². The molecule has 19 heavy (non-hydrogen) atoms.